The van der Waals surface area contributed by atoms with Crippen molar-refractivity contribution in [3.8, 4) is 55.9 Å². The highest BCUT2D eigenvalue weighted by Crippen LogP contribution is 2.58. The molecule has 1 aliphatic heterocycles. The first-order chi connectivity index (χ1) is 33.2. The second-order valence-electron chi connectivity index (χ2n) is 17.5. The van der Waals surface area contributed by atoms with E-state index in [2.05, 4.69) is 223 Å². The number of nitrogens with one attached hydrogen (secondary N) is 1. The summed E-state index contributed by atoms with van der Waals surface area (Å²) in [5.41, 5.74) is 21.5. The lowest BCUT2D eigenvalue weighted by atomic mass is 9.67. The van der Waals surface area contributed by atoms with Gasteiger partial charge in [0.2, 0.25) is 0 Å². The van der Waals surface area contributed by atoms with E-state index < -0.39 is 5.41 Å². The maximum atomic E-state index is 5.18. The minimum atomic E-state index is -0.496. The van der Waals surface area contributed by atoms with E-state index in [4.69, 9.17) is 9.97 Å². The van der Waals surface area contributed by atoms with Gasteiger partial charge >= 0.3 is 0 Å². The average molecular weight is 859 g/mol. The zero-order chi connectivity index (χ0) is 44.6. The predicted octanol–water partition coefficient (Wildman–Crippen LogP) is 14.5. The van der Waals surface area contributed by atoms with Crippen LogP contribution in [0.4, 0.5) is 0 Å². The van der Waals surface area contributed by atoms with Gasteiger partial charge in [-0.2, -0.15) is 0 Å². The smallest absolute Gasteiger partial charge is 0.0713 e. The highest BCUT2D eigenvalue weighted by atomic mass is 14.8. The number of hydrogen-bond acceptors (Lipinski definition) is 4. The lowest BCUT2D eigenvalue weighted by molar-refractivity contribution is 0.768. The van der Waals surface area contributed by atoms with Gasteiger partial charge < -0.3 is 5.32 Å². The number of nitrogens with zero attached hydrogens (tertiary/aromatic N) is 3. The first kappa shape index (κ1) is 40.1. The number of pyridine rings is 3. The molecule has 0 bridgehead atoms. The van der Waals surface area contributed by atoms with Crippen LogP contribution in [-0.4, -0.2) is 21.5 Å². The molecule has 1 unspecified atom stereocenters. The molecular weight excluding hydrogens is 813 g/mol. The first-order valence-electron chi connectivity index (χ1n) is 23.1. The minimum absolute atomic E-state index is 0.120. The zero-order valence-corrected chi connectivity index (χ0v) is 36.9. The molecule has 0 saturated carbocycles. The fraction of sp³-hybridized carbons (Fsp3) is 0.0635. The average Bonchev–Trinajstić information content (AvgIpc) is 3.73. The van der Waals surface area contributed by atoms with Crippen molar-refractivity contribution in [1.29, 1.82) is 0 Å². The molecule has 6 aromatic carbocycles. The number of dihydropyridines is 1. The van der Waals surface area contributed by atoms with Crippen LogP contribution in [0.25, 0.3) is 67.0 Å². The summed E-state index contributed by atoms with van der Waals surface area (Å²) in [4.78, 5) is 14.6. The topological polar surface area (TPSA) is 50.7 Å². The maximum Gasteiger partial charge on any atom is 0.0713 e. The Balaban J connectivity index is 1.02. The summed E-state index contributed by atoms with van der Waals surface area (Å²) in [7, 11) is 0. The van der Waals surface area contributed by atoms with E-state index in [1.54, 1.807) is 0 Å². The number of rotatable bonds is 9. The van der Waals surface area contributed by atoms with Crippen LogP contribution in [-0.2, 0) is 5.41 Å². The molecule has 1 N–H and O–H groups in total. The van der Waals surface area contributed by atoms with Gasteiger partial charge in [0, 0.05) is 36.0 Å². The molecule has 0 radical (unpaired) electrons. The number of allylic oxidation sites excluding steroid dienone is 6. The largest absolute Gasteiger partial charge is 0.387 e. The van der Waals surface area contributed by atoms with Crippen LogP contribution < -0.4 is 5.32 Å². The van der Waals surface area contributed by atoms with Gasteiger partial charge in [-0.1, -0.05) is 170 Å². The predicted molar refractivity (Wildman–Crippen MR) is 275 cm³/mol. The third-order valence-corrected chi connectivity index (χ3v) is 13.7. The van der Waals surface area contributed by atoms with Crippen LogP contribution in [0.1, 0.15) is 51.5 Å². The van der Waals surface area contributed by atoms with Gasteiger partial charge in [-0.05, 0) is 140 Å². The summed E-state index contributed by atoms with van der Waals surface area (Å²) in [5, 5.41) is 3.26. The van der Waals surface area contributed by atoms with E-state index in [1.165, 1.54) is 55.6 Å². The van der Waals surface area contributed by atoms with E-state index in [0.717, 1.165) is 63.6 Å². The Morgan fingerprint density at radius 3 is 1.91 bits per heavy atom. The van der Waals surface area contributed by atoms with E-state index in [-0.39, 0.29) is 5.92 Å². The van der Waals surface area contributed by atoms with Crippen molar-refractivity contribution < 1.29 is 0 Å². The molecule has 4 heteroatoms. The number of benzene rings is 6. The van der Waals surface area contributed by atoms with Crippen LogP contribution in [0.5, 0.6) is 0 Å². The molecule has 67 heavy (non-hydrogen) atoms. The molecule has 0 spiro atoms. The third-order valence-electron chi connectivity index (χ3n) is 13.7. The van der Waals surface area contributed by atoms with Crippen molar-refractivity contribution in [2.24, 2.45) is 0 Å². The van der Waals surface area contributed by atoms with Crippen molar-refractivity contribution in [2.75, 3.05) is 6.54 Å². The Morgan fingerprint density at radius 1 is 0.493 bits per heavy atom. The van der Waals surface area contributed by atoms with E-state index in [9.17, 15) is 0 Å². The molecular formula is C63H46N4. The number of hydrogen-bond donors (Lipinski definition) is 1. The van der Waals surface area contributed by atoms with Crippen molar-refractivity contribution in [1.82, 2.24) is 20.3 Å². The fourth-order valence-corrected chi connectivity index (χ4v) is 10.6. The normalized spacial score (nSPS) is 15.5. The number of aromatic nitrogens is 3. The number of fused-ring (bicyclic) bond motifs is 3. The van der Waals surface area contributed by atoms with Crippen molar-refractivity contribution in [3.05, 3.63) is 282 Å². The van der Waals surface area contributed by atoms with Crippen LogP contribution in [0.3, 0.4) is 0 Å². The summed E-state index contributed by atoms with van der Waals surface area (Å²) in [6.07, 6.45) is 17.5. The van der Waals surface area contributed by atoms with Crippen molar-refractivity contribution in [3.63, 3.8) is 0 Å². The minimum Gasteiger partial charge on any atom is -0.387 e. The molecule has 4 heterocycles. The maximum absolute atomic E-state index is 5.18. The summed E-state index contributed by atoms with van der Waals surface area (Å²) >= 11 is 0. The van der Waals surface area contributed by atoms with Crippen LogP contribution in [0.2, 0.25) is 0 Å². The SMILES string of the molecule is C1=CC(c2cc(-c3cccc(-c4cccc(C5=CCNC=C5)n4)c3)cc(-c3cccc4c3-c3ccccc3C4(c3ccccc3)c3ccccc3)c2)CC(c2cccc(-c3ccncc3)n2)=C1. The molecule has 0 fully saturated rings. The van der Waals surface area contributed by atoms with E-state index >= 15 is 0 Å². The van der Waals surface area contributed by atoms with Gasteiger partial charge in [-0.25, -0.2) is 9.97 Å². The molecule has 318 valence electrons. The summed E-state index contributed by atoms with van der Waals surface area (Å²) in [6.45, 7) is 0.795. The van der Waals surface area contributed by atoms with Gasteiger partial charge in [0.25, 0.3) is 0 Å². The lowest BCUT2D eigenvalue weighted by Crippen LogP contribution is -2.28. The van der Waals surface area contributed by atoms with Crippen molar-refractivity contribution in [2.45, 2.75) is 17.8 Å². The third kappa shape index (κ3) is 7.24. The Bertz CT molecular complexity index is 3400. The molecule has 0 saturated heterocycles. The van der Waals surface area contributed by atoms with Crippen molar-refractivity contribution >= 4 is 11.1 Å². The van der Waals surface area contributed by atoms with Gasteiger partial charge in [0.15, 0.2) is 0 Å². The Hall–Kier alpha value is -8.47. The second-order valence-corrected chi connectivity index (χ2v) is 17.5. The molecule has 3 aliphatic rings. The fourth-order valence-electron chi connectivity index (χ4n) is 10.6. The Labute approximate surface area is 392 Å². The summed E-state index contributed by atoms with van der Waals surface area (Å²) in [5.74, 6) is 0.120. The van der Waals surface area contributed by atoms with Gasteiger partial charge in [-0.3, -0.25) is 4.98 Å². The first-order valence-corrected chi connectivity index (χ1v) is 23.1. The highest BCUT2D eigenvalue weighted by Gasteiger charge is 2.46. The molecule has 9 aromatic rings. The van der Waals surface area contributed by atoms with E-state index in [1.807, 2.05) is 30.7 Å². The Kier molecular flexibility index (Phi) is 10.3. The summed E-state index contributed by atoms with van der Waals surface area (Å²) < 4.78 is 0. The van der Waals surface area contributed by atoms with Gasteiger partial charge in [-0.15, -0.1) is 0 Å². The molecule has 1 atom stereocenters. The molecule has 4 nitrogen and oxygen atoms in total. The molecule has 0 amide bonds. The lowest BCUT2D eigenvalue weighted by Gasteiger charge is -2.34. The second kappa shape index (κ2) is 17.2. The van der Waals surface area contributed by atoms with Crippen LogP contribution in [0.15, 0.2) is 243 Å². The monoisotopic (exact) mass is 858 g/mol. The molecule has 3 aromatic heterocycles. The standard InChI is InChI=1S/C63H46N4/c1-3-18-52(19-4-1)63(53-20-5-2-6-21-53)56-24-8-7-22-55(56)62-54(23-11-25-57(62)63)51-41-49(45-14-9-16-47(38-45)60-28-12-26-58(66-60)43-30-34-64-35-31-43)40-50(42-51)46-15-10-17-48(39-46)61-29-13-27-59(67-61)44-32-36-65-37-33-44/h1-36,39-42,45,65H,37-38H2. The van der Waals surface area contributed by atoms with Crippen LogP contribution >= 0.6 is 0 Å². The zero-order valence-electron chi connectivity index (χ0n) is 36.9. The van der Waals surface area contributed by atoms with E-state index in [0.29, 0.717) is 0 Å². The molecule has 12 rings (SSSR count). The Morgan fingerprint density at radius 2 is 1.12 bits per heavy atom. The quantitative estimate of drug-likeness (QED) is 0.157. The van der Waals surface area contributed by atoms with Gasteiger partial charge in [0.05, 0.1) is 28.2 Å². The van der Waals surface area contributed by atoms with Gasteiger partial charge in [0.1, 0.15) is 0 Å². The highest BCUT2D eigenvalue weighted by molar-refractivity contribution is 5.96. The van der Waals surface area contributed by atoms with Crippen LogP contribution in [0, 0.1) is 0 Å². The molecule has 2 aliphatic carbocycles. The summed E-state index contributed by atoms with van der Waals surface area (Å²) in [6, 6.07) is 71.0.